The van der Waals surface area contributed by atoms with Gasteiger partial charge in [-0.25, -0.2) is 4.39 Å². The maximum Gasteiger partial charge on any atom is 0.136 e. The van der Waals surface area contributed by atoms with E-state index in [0.717, 1.165) is 0 Å². The molecule has 0 bridgehead atoms. The van der Waals surface area contributed by atoms with E-state index in [4.69, 9.17) is 16.0 Å². The molecule has 2 N–H and O–H groups in total. The van der Waals surface area contributed by atoms with Crippen molar-refractivity contribution in [1.82, 2.24) is 5.32 Å². The van der Waals surface area contributed by atoms with E-state index in [2.05, 4.69) is 5.32 Å². The van der Waals surface area contributed by atoms with Crippen molar-refractivity contribution in [1.29, 1.82) is 0 Å². The third-order valence-corrected chi connectivity index (χ3v) is 3.08. The number of aliphatic hydroxyl groups is 1. The molecule has 19 heavy (non-hydrogen) atoms. The Balaban J connectivity index is 1.95. The van der Waals surface area contributed by atoms with E-state index in [-0.39, 0.29) is 18.9 Å². The average Bonchev–Trinajstić information content (AvgIpc) is 2.88. The number of hydrogen-bond acceptors (Lipinski definition) is 3. The molecule has 1 heterocycles. The zero-order chi connectivity index (χ0) is 13.9. The summed E-state index contributed by atoms with van der Waals surface area (Å²) in [6, 6.07) is 7.79. The zero-order valence-corrected chi connectivity index (χ0v) is 11.2. The molecule has 0 aliphatic carbocycles. The Kier molecular flexibility index (Phi) is 4.24. The normalized spacial score (nSPS) is 14.3. The van der Waals surface area contributed by atoms with E-state index < -0.39 is 5.60 Å². The van der Waals surface area contributed by atoms with E-state index in [0.29, 0.717) is 16.3 Å². The Morgan fingerprint density at radius 1 is 1.42 bits per heavy atom. The molecule has 1 unspecified atom stereocenters. The van der Waals surface area contributed by atoms with Gasteiger partial charge in [0.15, 0.2) is 0 Å². The number of benzene rings is 1. The monoisotopic (exact) mass is 283 g/mol. The third-order valence-electron chi connectivity index (χ3n) is 2.84. The number of nitrogens with one attached hydrogen (secondary N) is 1. The summed E-state index contributed by atoms with van der Waals surface area (Å²) in [6.07, 6.45) is 1.50. The third kappa shape index (κ3) is 3.56. The second kappa shape index (κ2) is 5.74. The predicted molar refractivity (Wildman–Crippen MR) is 71.4 cm³/mol. The highest BCUT2D eigenvalue weighted by atomic mass is 35.5. The summed E-state index contributed by atoms with van der Waals surface area (Å²) in [5, 5.41) is 13.7. The molecule has 1 aromatic heterocycles. The van der Waals surface area contributed by atoms with Crippen LogP contribution in [-0.2, 0) is 12.1 Å². The minimum atomic E-state index is -1.14. The first-order valence-corrected chi connectivity index (χ1v) is 6.28. The van der Waals surface area contributed by atoms with Crippen LogP contribution in [0.3, 0.4) is 0 Å². The highest BCUT2D eigenvalue weighted by molar-refractivity contribution is 6.30. The Hall–Kier alpha value is -1.36. The van der Waals surface area contributed by atoms with Gasteiger partial charge in [0.25, 0.3) is 0 Å². The van der Waals surface area contributed by atoms with Crippen molar-refractivity contribution in [3.63, 3.8) is 0 Å². The van der Waals surface area contributed by atoms with Crippen molar-refractivity contribution >= 4 is 11.6 Å². The van der Waals surface area contributed by atoms with Crippen molar-refractivity contribution < 1.29 is 13.9 Å². The zero-order valence-electron chi connectivity index (χ0n) is 10.5. The summed E-state index contributed by atoms with van der Waals surface area (Å²) >= 11 is 5.81. The molecule has 1 aromatic carbocycles. The molecule has 0 aliphatic rings. The van der Waals surface area contributed by atoms with Gasteiger partial charge in [0, 0.05) is 23.7 Å². The Morgan fingerprint density at radius 3 is 2.89 bits per heavy atom. The predicted octanol–water partition coefficient (Wildman–Crippen LogP) is 3.07. The molecule has 102 valence electrons. The van der Waals surface area contributed by atoms with E-state index in [1.165, 1.54) is 18.4 Å². The molecule has 0 fully saturated rings. The summed E-state index contributed by atoms with van der Waals surface area (Å²) < 4.78 is 18.6. The summed E-state index contributed by atoms with van der Waals surface area (Å²) in [7, 11) is 0. The van der Waals surface area contributed by atoms with Gasteiger partial charge in [0.1, 0.15) is 17.2 Å². The largest absolute Gasteiger partial charge is 0.466 e. The van der Waals surface area contributed by atoms with Crippen molar-refractivity contribution in [2.24, 2.45) is 0 Å². The van der Waals surface area contributed by atoms with Crippen LogP contribution in [-0.4, -0.2) is 11.7 Å². The van der Waals surface area contributed by atoms with Crippen molar-refractivity contribution in [2.45, 2.75) is 19.1 Å². The van der Waals surface area contributed by atoms with Crippen LogP contribution < -0.4 is 5.32 Å². The fourth-order valence-electron chi connectivity index (χ4n) is 1.79. The van der Waals surface area contributed by atoms with Crippen LogP contribution >= 0.6 is 11.6 Å². The molecule has 5 heteroatoms. The van der Waals surface area contributed by atoms with Crippen molar-refractivity contribution in [3.05, 3.63) is 58.8 Å². The molecule has 0 spiro atoms. The summed E-state index contributed by atoms with van der Waals surface area (Å²) in [5.74, 6) is 0.140. The molecule has 2 rings (SSSR count). The quantitative estimate of drug-likeness (QED) is 0.886. The van der Waals surface area contributed by atoms with Gasteiger partial charge in [0.05, 0.1) is 6.26 Å². The van der Waals surface area contributed by atoms with Gasteiger partial charge >= 0.3 is 0 Å². The molecule has 0 saturated carbocycles. The first-order chi connectivity index (χ1) is 8.99. The topological polar surface area (TPSA) is 45.4 Å². The fourth-order valence-corrected chi connectivity index (χ4v) is 1.99. The van der Waals surface area contributed by atoms with E-state index >= 15 is 0 Å². The summed E-state index contributed by atoms with van der Waals surface area (Å²) in [6.45, 7) is 2.16. The molecule has 0 aliphatic heterocycles. The second-order valence-corrected chi connectivity index (χ2v) is 5.03. The first-order valence-electron chi connectivity index (χ1n) is 5.90. The lowest BCUT2D eigenvalue weighted by Crippen LogP contribution is -2.34. The van der Waals surface area contributed by atoms with Crippen LogP contribution in [0.4, 0.5) is 4.39 Å². The molecule has 1 atom stereocenters. The van der Waals surface area contributed by atoms with Gasteiger partial charge in [-0.15, -0.1) is 0 Å². The van der Waals surface area contributed by atoms with E-state index in [1.54, 1.807) is 25.1 Å². The van der Waals surface area contributed by atoms with Crippen LogP contribution in [0.5, 0.6) is 0 Å². The van der Waals surface area contributed by atoms with Crippen molar-refractivity contribution in [3.8, 4) is 0 Å². The SMILES string of the molecule is CC(O)(CNCc1cc(Cl)ccc1F)c1ccco1. The average molecular weight is 284 g/mol. The van der Waals surface area contributed by atoms with Gasteiger partial charge in [-0.1, -0.05) is 11.6 Å². The van der Waals surface area contributed by atoms with Crippen molar-refractivity contribution in [2.75, 3.05) is 6.54 Å². The minimum Gasteiger partial charge on any atom is -0.466 e. The number of hydrogen-bond donors (Lipinski definition) is 2. The lowest BCUT2D eigenvalue weighted by Gasteiger charge is -2.21. The van der Waals surface area contributed by atoms with Crippen LogP contribution in [0.1, 0.15) is 18.2 Å². The standard InChI is InChI=1S/C14H15ClFNO2/c1-14(18,13-3-2-6-19-13)9-17-8-10-7-11(15)4-5-12(10)16/h2-7,17-18H,8-9H2,1H3. The first kappa shape index (κ1) is 14.1. The second-order valence-electron chi connectivity index (χ2n) is 4.59. The van der Waals surface area contributed by atoms with Gasteiger partial charge in [0.2, 0.25) is 0 Å². The molecule has 0 saturated heterocycles. The van der Waals surface area contributed by atoms with Crippen LogP contribution in [0.2, 0.25) is 5.02 Å². The van der Waals surface area contributed by atoms with Gasteiger partial charge in [-0.05, 0) is 37.3 Å². The summed E-state index contributed by atoms with van der Waals surface area (Å²) in [5.41, 5.74) is -0.679. The Labute approximate surface area is 116 Å². The smallest absolute Gasteiger partial charge is 0.136 e. The highest BCUT2D eigenvalue weighted by Crippen LogP contribution is 2.20. The Morgan fingerprint density at radius 2 is 2.21 bits per heavy atom. The molecular formula is C14H15ClFNO2. The minimum absolute atomic E-state index is 0.243. The van der Waals surface area contributed by atoms with Gasteiger partial charge in [-0.2, -0.15) is 0 Å². The molecular weight excluding hydrogens is 269 g/mol. The molecule has 0 amide bonds. The number of rotatable bonds is 5. The number of halogens is 2. The van der Waals surface area contributed by atoms with Crippen LogP contribution in [0.15, 0.2) is 41.0 Å². The highest BCUT2D eigenvalue weighted by Gasteiger charge is 2.25. The molecule has 2 aromatic rings. The fraction of sp³-hybridized carbons (Fsp3) is 0.286. The van der Waals surface area contributed by atoms with E-state index in [1.807, 2.05) is 0 Å². The Bertz CT molecular complexity index is 540. The van der Waals surface area contributed by atoms with Crippen LogP contribution in [0.25, 0.3) is 0 Å². The molecule has 0 radical (unpaired) electrons. The summed E-state index contributed by atoms with van der Waals surface area (Å²) in [4.78, 5) is 0. The molecule has 3 nitrogen and oxygen atoms in total. The van der Waals surface area contributed by atoms with Gasteiger partial charge in [-0.3, -0.25) is 0 Å². The maximum absolute atomic E-state index is 13.5. The lowest BCUT2D eigenvalue weighted by atomic mass is 10.0. The van der Waals surface area contributed by atoms with E-state index in [9.17, 15) is 9.50 Å². The van der Waals surface area contributed by atoms with Crippen LogP contribution in [0, 0.1) is 5.82 Å². The number of furan rings is 1. The lowest BCUT2D eigenvalue weighted by molar-refractivity contribution is 0.0340. The van der Waals surface area contributed by atoms with Gasteiger partial charge < -0.3 is 14.8 Å². The maximum atomic E-state index is 13.5.